The van der Waals surface area contributed by atoms with Gasteiger partial charge in [0.25, 0.3) is 5.97 Å². The summed E-state index contributed by atoms with van der Waals surface area (Å²) in [4.78, 5) is 9.00. The van der Waals surface area contributed by atoms with E-state index in [1.807, 2.05) is 0 Å². The van der Waals surface area contributed by atoms with E-state index in [0.29, 0.717) is 0 Å². The first-order valence-electron chi connectivity index (χ1n) is 4.45. The number of hydrogen-bond donors (Lipinski definition) is 1. The van der Waals surface area contributed by atoms with Crippen molar-refractivity contribution in [2.24, 2.45) is 0 Å². The van der Waals surface area contributed by atoms with E-state index < -0.39 is 5.97 Å². The molecule has 0 radical (unpaired) electrons. The molecule has 0 fully saturated rings. The molecule has 0 aromatic heterocycles. The Labute approximate surface area is 75.3 Å². The Morgan fingerprint density at radius 2 is 1.92 bits per heavy atom. The zero-order chi connectivity index (χ0) is 9.82. The van der Waals surface area contributed by atoms with E-state index in [2.05, 4.69) is 26.0 Å². The second-order valence-corrected chi connectivity index (χ2v) is 2.58. The Hall–Kier alpha value is -0.790. The predicted octanol–water partition coefficient (Wildman–Crippen LogP) is 3.23. The lowest BCUT2D eigenvalue weighted by molar-refractivity contribution is -0.134. The third kappa shape index (κ3) is 35.0. The number of carboxylic acid groups (broad SMARTS) is 1. The third-order valence-corrected chi connectivity index (χ3v) is 1.21. The number of unbranched alkanes of at least 4 members (excludes halogenated alkanes) is 3. The summed E-state index contributed by atoms with van der Waals surface area (Å²) in [6, 6.07) is 0. The lowest BCUT2D eigenvalue weighted by atomic mass is 10.2. The molecule has 0 aliphatic carbocycles. The van der Waals surface area contributed by atoms with Crippen LogP contribution in [0.15, 0.2) is 12.2 Å². The van der Waals surface area contributed by atoms with E-state index in [1.54, 1.807) is 0 Å². The molecule has 0 bridgehead atoms. The van der Waals surface area contributed by atoms with Gasteiger partial charge in [0.15, 0.2) is 0 Å². The third-order valence-electron chi connectivity index (χ3n) is 1.21. The van der Waals surface area contributed by atoms with Gasteiger partial charge in [-0.25, -0.2) is 0 Å². The number of carboxylic acids is 1. The molecule has 0 rings (SSSR count). The number of allylic oxidation sites excluding steroid dienone is 2. The van der Waals surface area contributed by atoms with Crippen molar-refractivity contribution in [1.82, 2.24) is 0 Å². The first kappa shape index (κ1) is 13.8. The van der Waals surface area contributed by atoms with Crippen molar-refractivity contribution in [3.63, 3.8) is 0 Å². The topological polar surface area (TPSA) is 37.3 Å². The van der Waals surface area contributed by atoms with Gasteiger partial charge in [0.05, 0.1) is 0 Å². The molecule has 2 nitrogen and oxygen atoms in total. The van der Waals surface area contributed by atoms with E-state index in [-0.39, 0.29) is 0 Å². The molecular formula is C10H20O2. The molecule has 0 aliphatic rings. The fraction of sp³-hybridized carbons (Fsp3) is 0.700. The average molecular weight is 172 g/mol. The molecule has 0 aliphatic heterocycles. The minimum atomic E-state index is -0.833. The molecule has 72 valence electrons. The van der Waals surface area contributed by atoms with Crippen molar-refractivity contribution < 1.29 is 9.90 Å². The molecule has 0 aromatic rings. The highest BCUT2D eigenvalue weighted by Crippen LogP contribution is 1.98. The molecule has 1 N–H and O–H groups in total. The minimum Gasteiger partial charge on any atom is -0.481 e. The van der Waals surface area contributed by atoms with Crippen LogP contribution in [0.25, 0.3) is 0 Å². The van der Waals surface area contributed by atoms with Crippen molar-refractivity contribution in [3.8, 4) is 0 Å². The second kappa shape index (κ2) is 12.8. The van der Waals surface area contributed by atoms with Crippen LogP contribution in [0.2, 0.25) is 0 Å². The summed E-state index contributed by atoms with van der Waals surface area (Å²) in [5, 5.41) is 7.42. The van der Waals surface area contributed by atoms with Crippen molar-refractivity contribution in [2.75, 3.05) is 0 Å². The van der Waals surface area contributed by atoms with Crippen LogP contribution >= 0.6 is 0 Å². The number of carbonyl (C=O) groups is 1. The van der Waals surface area contributed by atoms with Gasteiger partial charge in [0, 0.05) is 6.92 Å². The summed E-state index contributed by atoms with van der Waals surface area (Å²) in [6.45, 7) is 5.39. The average Bonchev–Trinajstić information content (AvgIpc) is 1.97. The maximum absolute atomic E-state index is 9.00. The monoisotopic (exact) mass is 172 g/mol. The van der Waals surface area contributed by atoms with E-state index in [9.17, 15) is 0 Å². The molecular weight excluding hydrogens is 152 g/mol. The highest BCUT2D eigenvalue weighted by molar-refractivity contribution is 5.62. The van der Waals surface area contributed by atoms with Crippen LogP contribution in [0, 0.1) is 0 Å². The zero-order valence-electron chi connectivity index (χ0n) is 8.34. The zero-order valence-corrected chi connectivity index (χ0v) is 8.34. The molecule has 0 aromatic carbocycles. The SMILES string of the molecule is C/C=C/CCCCC.CC(=O)O. The predicted molar refractivity (Wildman–Crippen MR) is 52.3 cm³/mol. The number of hydrogen-bond acceptors (Lipinski definition) is 1. The number of aliphatic carboxylic acids is 1. The van der Waals surface area contributed by atoms with Crippen molar-refractivity contribution in [2.45, 2.75) is 46.5 Å². The van der Waals surface area contributed by atoms with Gasteiger partial charge in [-0.2, -0.15) is 0 Å². The first-order valence-corrected chi connectivity index (χ1v) is 4.45. The molecule has 0 unspecified atom stereocenters. The molecule has 0 saturated carbocycles. The molecule has 0 spiro atoms. The van der Waals surface area contributed by atoms with Crippen molar-refractivity contribution in [1.29, 1.82) is 0 Å². The Balaban J connectivity index is 0. The maximum atomic E-state index is 9.00. The van der Waals surface area contributed by atoms with Crippen LogP contribution in [-0.4, -0.2) is 11.1 Å². The van der Waals surface area contributed by atoms with Gasteiger partial charge in [0.2, 0.25) is 0 Å². The molecule has 0 heterocycles. The van der Waals surface area contributed by atoms with Gasteiger partial charge < -0.3 is 5.11 Å². The van der Waals surface area contributed by atoms with E-state index in [0.717, 1.165) is 6.92 Å². The first-order chi connectivity index (χ1) is 5.65. The van der Waals surface area contributed by atoms with Crippen LogP contribution in [0.3, 0.4) is 0 Å². The van der Waals surface area contributed by atoms with E-state index in [4.69, 9.17) is 9.90 Å². The van der Waals surface area contributed by atoms with Gasteiger partial charge in [0.1, 0.15) is 0 Å². The van der Waals surface area contributed by atoms with Gasteiger partial charge >= 0.3 is 0 Å². The smallest absolute Gasteiger partial charge is 0.300 e. The summed E-state index contributed by atoms with van der Waals surface area (Å²) in [5.74, 6) is -0.833. The normalized spacial score (nSPS) is 9.25. The minimum absolute atomic E-state index is 0.833. The highest BCUT2D eigenvalue weighted by atomic mass is 16.4. The van der Waals surface area contributed by atoms with Crippen LogP contribution in [0.1, 0.15) is 46.5 Å². The summed E-state index contributed by atoms with van der Waals surface area (Å²) < 4.78 is 0. The van der Waals surface area contributed by atoms with Gasteiger partial charge in [-0.15, -0.1) is 0 Å². The highest BCUT2D eigenvalue weighted by Gasteiger charge is 1.78. The van der Waals surface area contributed by atoms with Crippen LogP contribution < -0.4 is 0 Å². The molecule has 0 atom stereocenters. The second-order valence-electron chi connectivity index (χ2n) is 2.58. The largest absolute Gasteiger partial charge is 0.481 e. The number of rotatable bonds is 4. The van der Waals surface area contributed by atoms with Crippen LogP contribution in [0.4, 0.5) is 0 Å². The molecule has 12 heavy (non-hydrogen) atoms. The Kier molecular flexibility index (Phi) is 14.8. The van der Waals surface area contributed by atoms with Crippen LogP contribution in [-0.2, 0) is 4.79 Å². The van der Waals surface area contributed by atoms with Crippen molar-refractivity contribution >= 4 is 5.97 Å². The Morgan fingerprint density at radius 1 is 1.42 bits per heavy atom. The summed E-state index contributed by atoms with van der Waals surface area (Å²) in [5.41, 5.74) is 0. The lowest BCUT2D eigenvalue weighted by Gasteiger charge is -1.88. The van der Waals surface area contributed by atoms with Gasteiger partial charge in [-0.1, -0.05) is 31.9 Å². The standard InChI is InChI=1S/C8H16.C2H4O2/c1-3-5-7-8-6-4-2;1-2(3)4/h3,5H,4,6-8H2,1-2H3;1H3,(H,3,4)/b5-3+;. The summed E-state index contributed by atoms with van der Waals surface area (Å²) in [6.07, 6.45) is 9.69. The summed E-state index contributed by atoms with van der Waals surface area (Å²) in [7, 11) is 0. The van der Waals surface area contributed by atoms with Crippen molar-refractivity contribution in [3.05, 3.63) is 12.2 Å². The molecule has 2 heteroatoms. The van der Waals surface area contributed by atoms with Crippen LogP contribution in [0.5, 0.6) is 0 Å². The Morgan fingerprint density at radius 3 is 2.25 bits per heavy atom. The van der Waals surface area contributed by atoms with E-state index in [1.165, 1.54) is 25.7 Å². The fourth-order valence-electron chi connectivity index (χ4n) is 0.679. The fourth-order valence-corrected chi connectivity index (χ4v) is 0.679. The maximum Gasteiger partial charge on any atom is 0.300 e. The molecule has 0 amide bonds. The quantitative estimate of drug-likeness (QED) is 0.522. The van der Waals surface area contributed by atoms with Gasteiger partial charge in [-0.05, 0) is 19.8 Å². The lowest BCUT2D eigenvalue weighted by Crippen LogP contribution is -1.78. The Bertz CT molecular complexity index is 113. The summed E-state index contributed by atoms with van der Waals surface area (Å²) >= 11 is 0. The molecule has 0 saturated heterocycles. The van der Waals surface area contributed by atoms with Gasteiger partial charge in [-0.3, -0.25) is 4.79 Å². The van der Waals surface area contributed by atoms with E-state index >= 15 is 0 Å².